The van der Waals surface area contributed by atoms with Crippen LogP contribution in [0, 0.1) is 0 Å². The van der Waals surface area contributed by atoms with Gasteiger partial charge in [0.2, 0.25) is 11.8 Å². The Morgan fingerprint density at radius 1 is 1.27 bits per heavy atom. The van der Waals surface area contributed by atoms with Gasteiger partial charge >= 0.3 is 0 Å². The van der Waals surface area contributed by atoms with Gasteiger partial charge in [-0.25, -0.2) is 4.98 Å². The van der Waals surface area contributed by atoms with E-state index in [4.69, 9.17) is 0 Å². The van der Waals surface area contributed by atoms with Gasteiger partial charge in [0, 0.05) is 25.0 Å². The third kappa shape index (κ3) is 4.44. The molecule has 0 spiro atoms. The first-order valence-electron chi connectivity index (χ1n) is 8.17. The first-order chi connectivity index (χ1) is 12.6. The number of fused-ring (bicyclic) bond motifs is 1. The SMILES string of the molecule is CSCCC(C(=O)Nc1nc2ccc(NC(C)=O)cc2s1)n1cccc1. The van der Waals surface area contributed by atoms with Crippen LogP contribution in [0.1, 0.15) is 19.4 Å². The number of thiazole rings is 1. The van der Waals surface area contributed by atoms with E-state index in [9.17, 15) is 9.59 Å². The van der Waals surface area contributed by atoms with E-state index in [1.807, 2.05) is 47.5 Å². The van der Waals surface area contributed by atoms with Crippen molar-refractivity contribution >= 4 is 55.9 Å². The third-order valence-corrected chi connectivity index (χ3v) is 5.40. The van der Waals surface area contributed by atoms with Crippen LogP contribution in [0.25, 0.3) is 10.2 Å². The fraction of sp³-hybridized carbons (Fsp3) is 0.278. The van der Waals surface area contributed by atoms with Crippen LogP contribution >= 0.6 is 23.1 Å². The lowest BCUT2D eigenvalue weighted by molar-refractivity contribution is -0.119. The zero-order valence-electron chi connectivity index (χ0n) is 14.6. The van der Waals surface area contributed by atoms with E-state index in [0.29, 0.717) is 5.13 Å². The number of amides is 2. The lowest BCUT2D eigenvalue weighted by Gasteiger charge is -2.17. The number of thioether (sulfide) groups is 1. The number of benzene rings is 1. The van der Waals surface area contributed by atoms with Crippen LogP contribution in [-0.2, 0) is 9.59 Å². The summed E-state index contributed by atoms with van der Waals surface area (Å²) in [7, 11) is 0. The second kappa shape index (κ2) is 8.37. The van der Waals surface area contributed by atoms with Crippen molar-refractivity contribution in [3.05, 3.63) is 42.7 Å². The van der Waals surface area contributed by atoms with Crippen LogP contribution in [0.15, 0.2) is 42.7 Å². The molecule has 0 saturated carbocycles. The maximum Gasteiger partial charge on any atom is 0.249 e. The first-order valence-corrected chi connectivity index (χ1v) is 10.4. The van der Waals surface area contributed by atoms with Gasteiger partial charge < -0.3 is 15.2 Å². The Balaban J connectivity index is 1.77. The van der Waals surface area contributed by atoms with E-state index in [1.165, 1.54) is 18.3 Å². The Kier molecular flexibility index (Phi) is 5.95. The van der Waals surface area contributed by atoms with Crippen LogP contribution in [0.4, 0.5) is 10.8 Å². The average molecular weight is 389 g/mol. The molecule has 3 rings (SSSR count). The Morgan fingerprint density at radius 2 is 2.04 bits per heavy atom. The molecular formula is C18H20N4O2S2. The molecule has 0 saturated heterocycles. The van der Waals surface area contributed by atoms with Crippen LogP contribution in [0.2, 0.25) is 0 Å². The second-order valence-electron chi connectivity index (χ2n) is 5.80. The smallest absolute Gasteiger partial charge is 0.249 e. The van der Waals surface area contributed by atoms with Gasteiger partial charge in [0.15, 0.2) is 5.13 Å². The molecule has 26 heavy (non-hydrogen) atoms. The number of carbonyl (C=O) groups excluding carboxylic acids is 2. The van der Waals surface area contributed by atoms with Crippen molar-refractivity contribution in [3.63, 3.8) is 0 Å². The molecule has 0 aliphatic heterocycles. The molecule has 136 valence electrons. The number of nitrogens with one attached hydrogen (secondary N) is 2. The molecule has 1 aromatic carbocycles. The maximum absolute atomic E-state index is 12.8. The first kappa shape index (κ1) is 18.5. The largest absolute Gasteiger partial charge is 0.342 e. The number of hydrogen-bond donors (Lipinski definition) is 2. The number of aromatic nitrogens is 2. The van der Waals surface area contributed by atoms with Crippen LogP contribution < -0.4 is 10.6 Å². The fourth-order valence-corrected chi connectivity index (χ4v) is 4.02. The summed E-state index contributed by atoms with van der Waals surface area (Å²) < 4.78 is 2.83. The summed E-state index contributed by atoms with van der Waals surface area (Å²) in [5.74, 6) is 0.707. The zero-order chi connectivity index (χ0) is 18.5. The summed E-state index contributed by atoms with van der Waals surface area (Å²) in [6.45, 7) is 1.47. The van der Waals surface area contributed by atoms with E-state index >= 15 is 0 Å². The Bertz CT molecular complexity index is 905. The summed E-state index contributed by atoms with van der Waals surface area (Å²) in [5.41, 5.74) is 1.51. The van der Waals surface area contributed by atoms with Gasteiger partial charge in [-0.05, 0) is 48.8 Å². The molecule has 0 bridgehead atoms. The number of carbonyl (C=O) groups is 2. The molecular weight excluding hydrogens is 368 g/mol. The van der Waals surface area contributed by atoms with Gasteiger partial charge in [0.1, 0.15) is 6.04 Å². The standard InChI is InChI=1S/C18H20N4O2S2/c1-12(23)19-13-5-6-14-16(11-13)26-18(20-14)21-17(24)15(7-10-25-2)22-8-3-4-9-22/h3-6,8-9,11,15H,7,10H2,1-2H3,(H,19,23)(H,20,21,24). The maximum atomic E-state index is 12.8. The molecule has 3 aromatic rings. The van der Waals surface area contributed by atoms with Crippen LogP contribution in [0.5, 0.6) is 0 Å². The normalized spacial score (nSPS) is 12.1. The summed E-state index contributed by atoms with van der Waals surface area (Å²) in [6.07, 6.45) is 6.59. The molecule has 2 heterocycles. The van der Waals surface area contributed by atoms with Gasteiger partial charge in [-0.2, -0.15) is 11.8 Å². The molecule has 1 unspecified atom stereocenters. The van der Waals surface area contributed by atoms with Crippen molar-refractivity contribution in [2.75, 3.05) is 22.6 Å². The lowest BCUT2D eigenvalue weighted by Crippen LogP contribution is -2.25. The number of nitrogens with zero attached hydrogens (tertiary/aromatic N) is 2. The predicted octanol–water partition coefficient (Wildman–Crippen LogP) is 3.99. The highest BCUT2D eigenvalue weighted by Gasteiger charge is 2.20. The second-order valence-corrected chi connectivity index (χ2v) is 7.82. The molecule has 2 N–H and O–H groups in total. The molecule has 0 aliphatic carbocycles. The van der Waals surface area contributed by atoms with Crippen LogP contribution in [0.3, 0.4) is 0 Å². The molecule has 0 aliphatic rings. The minimum atomic E-state index is -0.264. The monoisotopic (exact) mass is 388 g/mol. The highest BCUT2D eigenvalue weighted by Crippen LogP contribution is 2.29. The van der Waals surface area contributed by atoms with Crippen molar-refractivity contribution in [2.45, 2.75) is 19.4 Å². The summed E-state index contributed by atoms with van der Waals surface area (Å²) in [6, 6.07) is 9.07. The lowest BCUT2D eigenvalue weighted by atomic mass is 10.2. The highest BCUT2D eigenvalue weighted by molar-refractivity contribution is 7.98. The molecule has 2 amide bonds. The molecule has 0 fully saturated rings. The minimum absolute atomic E-state index is 0.0728. The molecule has 0 radical (unpaired) electrons. The molecule has 2 aromatic heterocycles. The quantitative estimate of drug-likeness (QED) is 0.642. The van der Waals surface area contributed by atoms with E-state index in [2.05, 4.69) is 15.6 Å². The highest BCUT2D eigenvalue weighted by atomic mass is 32.2. The zero-order valence-corrected chi connectivity index (χ0v) is 16.2. The molecule has 6 nitrogen and oxygen atoms in total. The van der Waals surface area contributed by atoms with Gasteiger partial charge in [0.05, 0.1) is 10.2 Å². The summed E-state index contributed by atoms with van der Waals surface area (Å²) in [5, 5.41) is 6.26. The van der Waals surface area contributed by atoms with Crippen molar-refractivity contribution in [1.29, 1.82) is 0 Å². The average Bonchev–Trinajstić information content (AvgIpc) is 3.23. The summed E-state index contributed by atoms with van der Waals surface area (Å²) >= 11 is 3.12. The van der Waals surface area contributed by atoms with Gasteiger partial charge in [-0.15, -0.1) is 0 Å². The number of hydrogen-bond acceptors (Lipinski definition) is 5. The minimum Gasteiger partial charge on any atom is -0.342 e. The van der Waals surface area contributed by atoms with E-state index in [-0.39, 0.29) is 17.9 Å². The summed E-state index contributed by atoms with van der Waals surface area (Å²) in [4.78, 5) is 28.4. The Hall–Kier alpha value is -2.32. The predicted molar refractivity (Wildman–Crippen MR) is 109 cm³/mol. The Labute approximate surface area is 160 Å². The third-order valence-electron chi connectivity index (χ3n) is 3.82. The van der Waals surface area contributed by atoms with E-state index < -0.39 is 0 Å². The number of rotatable bonds is 7. The van der Waals surface area contributed by atoms with Gasteiger partial charge in [-0.3, -0.25) is 9.59 Å². The van der Waals surface area contributed by atoms with E-state index in [0.717, 1.165) is 28.1 Å². The molecule has 1 atom stereocenters. The van der Waals surface area contributed by atoms with Crippen molar-refractivity contribution in [3.8, 4) is 0 Å². The number of anilines is 2. The van der Waals surface area contributed by atoms with Crippen molar-refractivity contribution < 1.29 is 9.59 Å². The van der Waals surface area contributed by atoms with Gasteiger partial charge in [-0.1, -0.05) is 11.3 Å². The van der Waals surface area contributed by atoms with Crippen molar-refractivity contribution in [2.24, 2.45) is 0 Å². The van der Waals surface area contributed by atoms with Crippen molar-refractivity contribution in [1.82, 2.24) is 9.55 Å². The fourth-order valence-electron chi connectivity index (χ4n) is 2.65. The molecule has 8 heteroatoms. The van der Waals surface area contributed by atoms with Crippen LogP contribution in [-0.4, -0.2) is 33.4 Å². The Morgan fingerprint density at radius 3 is 2.73 bits per heavy atom. The topological polar surface area (TPSA) is 76.0 Å². The van der Waals surface area contributed by atoms with Gasteiger partial charge in [0.25, 0.3) is 0 Å². The van der Waals surface area contributed by atoms with E-state index in [1.54, 1.807) is 17.8 Å².